The summed E-state index contributed by atoms with van der Waals surface area (Å²) < 4.78 is 5.20. The standard InChI is InChI=1S/C11H15BrO3/c1-5-8(12)10(13)9(7(3)4)11(14)15-6-2/h5,13H,1,6H2,2-4H3/b10-8-. The van der Waals surface area contributed by atoms with E-state index < -0.39 is 5.97 Å². The van der Waals surface area contributed by atoms with Crippen LogP contribution in [0.2, 0.25) is 0 Å². The summed E-state index contributed by atoms with van der Waals surface area (Å²) in [7, 11) is 0. The highest BCUT2D eigenvalue weighted by atomic mass is 79.9. The summed E-state index contributed by atoms with van der Waals surface area (Å²) >= 11 is 3.10. The molecule has 0 aromatic heterocycles. The van der Waals surface area contributed by atoms with Gasteiger partial charge >= 0.3 is 5.97 Å². The average molecular weight is 275 g/mol. The molecule has 0 bridgehead atoms. The Morgan fingerprint density at radius 1 is 1.53 bits per heavy atom. The van der Waals surface area contributed by atoms with Gasteiger partial charge in [-0.3, -0.25) is 0 Å². The van der Waals surface area contributed by atoms with Crippen LogP contribution in [0.5, 0.6) is 0 Å². The van der Waals surface area contributed by atoms with Crippen molar-refractivity contribution in [2.24, 2.45) is 0 Å². The SMILES string of the molecule is C=C/C(Br)=C(/O)C(C(=O)OCC)=C(C)C. The molecule has 0 unspecified atom stereocenters. The van der Waals surface area contributed by atoms with Crippen LogP contribution >= 0.6 is 15.9 Å². The molecule has 0 aliphatic heterocycles. The first-order chi connectivity index (χ1) is 6.95. The van der Waals surface area contributed by atoms with Crippen LogP contribution in [-0.4, -0.2) is 17.7 Å². The highest BCUT2D eigenvalue weighted by molar-refractivity contribution is 9.11. The Labute approximate surface area is 98.3 Å². The van der Waals surface area contributed by atoms with Crippen molar-refractivity contribution in [2.45, 2.75) is 20.8 Å². The third kappa shape index (κ3) is 3.91. The fourth-order valence-corrected chi connectivity index (χ4v) is 1.16. The average Bonchev–Trinajstić information content (AvgIpc) is 2.16. The number of hydrogen-bond acceptors (Lipinski definition) is 3. The van der Waals surface area contributed by atoms with E-state index in [9.17, 15) is 9.90 Å². The van der Waals surface area contributed by atoms with Crippen LogP contribution in [0.25, 0.3) is 0 Å². The third-order valence-electron chi connectivity index (χ3n) is 1.62. The summed E-state index contributed by atoms with van der Waals surface area (Å²) in [4.78, 5) is 11.5. The summed E-state index contributed by atoms with van der Waals surface area (Å²) in [5.41, 5.74) is 0.855. The summed E-state index contributed by atoms with van der Waals surface area (Å²) in [6, 6.07) is 0. The molecule has 0 saturated heterocycles. The van der Waals surface area contributed by atoms with E-state index in [1.807, 2.05) is 0 Å². The predicted molar refractivity (Wildman–Crippen MR) is 63.8 cm³/mol. The van der Waals surface area contributed by atoms with E-state index in [4.69, 9.17) is 4.74 Å². The Morgan fingerprint density at radius 3 is 2.40 bits per heavy atom. The molecule has 0 aliphatic rings. The third-order valence-corrected chi connectivity index (χ3v) is 2.32. The number of halogens is 1. The largest absolute Gasteiger partial charge is 0.506 e. The number of carbonyl (C=O) groups is 1. The van der Waals surface area contributed by atoms with Crippen molar-refractivity contribution in [3.05, 3.63) is 34.0 Å². The molecule has 0 fully saturated rings. The Morgan fingerprint density at radius 2 is 2.07 bits per heavy atom. The van der Waals surface area contributed by atoms with E-state index in [1.54, 1.807) is 20.8 Å². The number of hydrogen-bond donors (Lipinski definition) is 1. The topological polar surface area (TPSA) is 46.5 Å². The maximum Gasteiger partial charge on any atom is 0.341 e. The number of allylic oxidation sites excluding steroid dienone is 3. The van der Waals surface area contributed by atoms with E-state index in [2.05, 4.69) is 22.5 Å². The fourth-order valence-electron chi connectivity index (χ4n) is 0.957. The molecule has 0 rings (SSSR count). The van der Waals surface area contributed by atoms with Crippen molar-refractivity contribution < 1.29 is 14.6 Å². The van der Waals surface area contributed by atoms with Crippen LogP contribution in [-0.2, 0) is 9.53 Å². The molecular weight excluding hydrogens is 260 g/mol. The summed E-state index contributed by atoms with van der Waals surface area (Å²) in [5, 5.41) is 9.75. The van der Waals surface area contributed by atoms with E-state index in [0.717, 1.165) is 0 Å². The Hall–Kier alpha value is -1.03. The van der Waals surface area contributed by atoms with Gasteiger partial charge in [-0.1, -0.05) is 18.2 Å². The summed E-state index contributed by atoms with van der Waals surface area (Å²) in [6.07, 6.45) is 1.41. The molecule has 0 aliphatic carbocycles. The molecule has 0 radical (unpaired) electrons. The van der Waals surface area contributed by atoms with E-state index in [0.29, 0.717) is 10.1 Å². The normalized spacial score (nSPS) is 11.5. The second-order valence-corrected chi connectivity index (χ2v) is 3.85. The van der Waals surface area contributed by atoms with Gasteiger partial charge < -0.3 is 9.84 Å². The van der Waals surface area contributed by atoms with Crippen molar-refractivity contribution in [1.29, 1.82) is 0 Å². The molecule has 0 atom stereocenters. The smallest absolute Gasteiger partial charge is 0.341 e. The Kier molecular flexibility index (Phi) is 6.01. The highest BCUT2D eigenvalue weighted by Crippen LogP contribution is 2.21. The molecule has 0 spiro atoms. The van der Waals surface area contributed by atoms with Crippen LogP contribution < -0.4 is 0 Å². The number of aliphatic hydroxyl groups is 1. The maximum absolute atomic E-state index is 11.5. The predicted octanol–water partition coefficient (Wildman–Crippen LogP) is 3.24. The molecule has 1 N–H and O–H groups in total. The van der Waals surface area contributed by atoms with Gasteiger partial charge in [-0.15, -0.1) is 0 Å². The molecule has 0 heterocycles. The molecule has 0 saturated carbocycles. The number of carbonyl (C=O) groups excluding carboxylic acids is 1. The zero-order chi connectivity index (χ0) is 12.0. The molecule has 84 valence electrons. The lowest BCUT2D eigenvalue weighted by Gasteiger charge is -2.09. The van der Waals surface area contributed by atoms with Crippen molar-refractivity contribution in [3.8, 4) is 0 Å². The van der Waals surface area contributed by atoms with Crippen LogP contribution in [0, 0.1) is 0 Å². The monoisotopic (exact) mass is 274 g/mol. The van der Waals surface area contributed by atoms with Crippen LogP contribution in [0.3, 0.4) is 0 Å². The first kappa shape index (κ1) is 14.0. The van der Waals surface area contributed by atoms with Gasteiger partial charge in [0.05, 0.1) is 11.1 Å². The van der Waals surface area contributed by atoms with Crippen molar-refractivity contribution in [3.63, 3.8) is 0 Å². The maximum atomic E-state index is 11.5. The van der Waals surface area contributed by atoms with Crippen molar-refractivity contribution in [2.75, 3.05) is 6.61 Å². The fraction of sp³-hybridized carbons (Fsp3) is 0.364. The number of esters is 1. The minimum absolute atomic E-state index is 0.150. The number of aliphatic hydroxyl groups excluding tert-OH is 1. The van der Waals surface area contributed by atoms with E-state index in [-0.39, 0.29) is 17.9 Å². The summed E-state index contributed by atoms with van der Waals surface area (Å²) in [5.74, 6) is -0.683. The number of ether oxygens (including phenoxy) is 1. The highest BCUT2D eigenvalue weighted by Gasteiger charge is 2.18. The van der Waals surface area contributed by atoms with Crippen LogP contribution in [0.4, 0.5) is 0 Å². The van der Waals surface area contributed by atoms with E-state index >= 15 is 0 Å². The van der Waals surface area contributed by atoms with Gasteiger partial charge in [0, 0.05) is 0 Å². The molecule has 0 aromatic rings. The second kappa shape index (κ2) is 6.45. The second-order valence-electron chi connectivity index (χ2n) is 3.00. The van der Waals surface area contributed by atoms with Gasteiger partial charge in [-0.25, -0.2) is 4.79 Å². The Bertz CT molecular complexity index is 323. The lowest BCUT2D eigenvalue weighted by Crippen LogP contribution is -2.11. The molecule has 0 amide bonds. The minimum atomic E-state index is -0.534. The minimum Gasteiger partial charge on any atom is -0.506 e. The van der Waals surface area contributed by atoms with Gasteiger partial charge in [0.2, 0.25) is 0 Å². The molecule has 4 heteroatoms. The first-order valence-corrected chi connectivity index (χ1v) is 5.31. The van der Waals surface area contributed by atoms with Crippen molar-refractivity contribution >= 4 is 21.9 Å². The molecule has 3 nitrogen and oxygen atoms in total. The Balaban J connectivity index is 5.29. The lowest BCUT2D eigenvalue weighted by atomic mass is 10.1. The number of rotatable bonds is 4. The quantitative estimate of drug-likeness (QED) is 0.371. The summed E-state index contributed by atoms with van der Waals surface area (Å²) in [6.45, 7) is 8.93. The zero-order valence-electron chi connectivity index (χ0n) is 9.13. The van der Waals surface area contributed by atoms with Gasteiger partial charge in [0.25, 0.3) is 0 Å². The van der Waals surface area contributed by atoms with Gasteiger partial charge in [-0.05, 0) is 36.7 Å². The molecule has 15 heavy (non-hydrogen) atoms. The van der Waals surface area contributed by atoms with Gasteiger partial charge in [0.15, 0.2) is 0 Å². The van der Waals surface area contributed by atoms with Gasteiger partial charge in [-0.2, -0.15) is 0 Å². The lowest BCUT2D eigenvalue weighted by molar-refractivity contribution is -0.138. The van der Waals surface area contributed by atoms with Gasteiger partial charge in [0.1, 0.15) is 11.3 Å². The van der Waals surface area contributed by atoms with Crippen molar-refractivity contribution in [1.82, 2.24) is 0 Å². The first-order valence-electron chi connectivity index (χ1n) is 4.51. The van der Waals surface area contributed by atoms with E-state index in [1.165, 1.54) is 6.08 Å². The molecular formula is C11H15BrO3. The molecule has 0 aromatic carbocycles. The van der Waals surface area contributed by atoms with Crippen LogP contribution in [0.1, 0.15) is 20.8 Å². The zero-order valence-corrected chi connectivity index (χ0v) is 10.7. The van der Waals surface area contributed by atoms with Crippen LogP contribution in [0.15, 0.2) is 34.0 Å².